The van der Waals surface area contributed by atoms with Crippen molar-refractivity contribution in [3.63, 3.8) is 0 Å². The topological polar surface area (TPSA) is 38.0 Å². The Labute approximate surface area is 95.0 Å². The Bertz CT molecular complexity index is 183. The highest BCUT2D eigenvalue weighted by Gasteiger charge is 2.17. The Morgan fingerprint density at radius 1 is 1.27 bits per heavy atom. The van der Waals surface area contributed by atoms with Crippen molar-refractivity contribution in [2.24, 2.45) is 11.7 Å². The molecule has 0 radical (unpaired) electrons. The Morgan fingerprint density at radius 3 is 2.27 bits per heavy atom. The lowest BCUT2D eigenvalue weighted by atomic mass is 9.95. The van der Waals surface area contributed by atoms with Gasteiger partial charge in [-0.2, -0.15) is 0 Å². The predicted molar refractivity (Wildman–Crippen MR) is 67.6 cm³/mol. The Balaban J connectivity index is 4.11. The Morgan fingerprint density at radius 2 is 1.87 bits per heavy atom. The number of hydrogen-bond donors (Lipinski definition) is 2. The first-order valence-corrected chi connectivity index (χ1v) is 6.11. The van der Waals surface area contributed by atoms with Gasteiger partial charge in [-0.1, -0.05) is 39.5 Å². The number of terminal acetylenes is 1. The molecule has 2 heteroatoms. The van der Waals surface area contributed by atoms with E-state index in [4.69, 9.17) is 12.2 Å². The summed E-state index contributed by atoms with van der Waals surface area (Å²) in [5.41, 5.74) is 5.77. The largest absolute Gasteiger partial charge is 0.329 e. The molecule has 0 rings (SSSR count). The first kappa shape index (κ1) is 14.5. The monoisotopic (exact) mass is 210 g/mol. The second-order valence-corrected chi connectivity index (χ2v) is 4.28. The molecule has 0 aromatic heterocycles. The zero-order valence-corrected chi connectivity index (χ0v) is 10.4. The van der Waals surface area contributed by atoms with E-state index in [1.807, 2.05) is 0 Å². The van der Waals surface area contributed by atoms with Gasteiger partial charge in [0.15, 0.2) is 0 Å². The predicted octanol–water partition coefficient (Wildman–Crippen LogP) is 2.14. The summed E-state index contributed by atoms with van der Waals surface area (Å²) in [7, 11) is 0. The summed E-state index contributed by atoms with van der Waals surface area (Å²) < 4.78 is 0. The van der Waals surface area contributed by atoms with Gasteiger partial charge in [-0.05, 0) is 18.8 Å². The molecule has 88 valence electrons. The molecule has 2 nitrogen and oxygen atoms in total. The molecular formula is C13H26N2. The number of nitrogens with two attached hydrogens (primary N) is 1. The van der Waals surface area contributed by atoms with Crippen molar-refractivity contribution in [2.45, 2.75) is 58.5 Å². The van der Waals surface area contributed by atoms with Gasteiger partial charge >= 0.3 is 0 Å². The van der Waals surface area contributed by atoms with Gasteiger partial charge in [0.25, 0.3) is 0 Å². The lowest BCUT2D eigenvalue weighted by Gasteiger charge is -2.26. The van der Waals surface area contributed by atoms with Crippen LogP contribution in [0.2, 0.25) is 0 Å². The van der Waals surface area contributed by atoms with Crippen LogP contribution in [0.5, 0.6) is 0 Å². The van der Waals surface area contributed by atoms with Crippen LogP contribution in [0.3, 0.4) is 0 Å². The normalized spacial score (nSPS) is 16.7. The third kappa shape index (κ3) is 5.81. The van der Waals surface area contributed by atoms with E-state index in [1.54, 1.807) is 0 Å². The maximum atomic E-state index is 5.77. The lowest BCUT2D eigenvalue weighted by Crippen LogP contribution is -2.46. The van der Waals surface area contributed by atoms with Crippen molar-refractivity contribution in [2.75, 3.05) is 6.54 Å². The number of nitrogens with one attached hydrogen (secondary N) is 1. The molecule has 15 heavy (non-hydrogen) atoms. The minimum atomic E-state index is 0.183. The fourth-order valence-corrected chi connectivity index (χ4v) is 1.88. The highest BCUT2D eigenvalue weighted by molar-refractivity contribution is 5.00. The van der Waals surface area contributed by atoms with E-state index in [1.165, 1.54) is 12.8 Å². The Kier molecular flexibility index (Phi) is 8.46. The minimum absolute atomic E-state index is 0.183. The summed E-state index contributed by atoms with van der Waals surface area (Å²) in [6.45, 7) is 7.27. The molecule has 0 aliphatic carbocycles. The minimum Gasteiger partial charge on any atom is -0.329 e. The van der Waals surface area contributed by atoms with Crippen molar-refractivity contribution in [3.05, 3.63) is 0 Å². The van der Waals surface area contributed by atoms with Crippen LogP contribution in [0.4, 0.5) is 0 Å². The summed E-state index contributed by atoms with van der Waals surface area (Å²) >= 11 is 0. The molecular weight excluding hydrogens is 184 g/mol. The van der Waals surface area contributed by atoms with Crippen molar-refractivity contribution in [3.8, 4) is 12.3 Å². The van der Waals surface area contributed by atoms with Gasteiger partial charge in [-0.15, -0.1) is 6.42 Å². The summed E-state index contributed by atoms with van der Waals surface area (Å²) in [5, 5.41) is 3.48. The van der Waals surface area contributed by atoms with Gasteiger partial charge < -0.3 is 5.73 Å². The van der Waals surface area contributed by atoms with Crippen LogP contribution in [-0.2, 0) is 0 Å². The molecule has 3 atom stereocenters. The maximum Gasteiger partial charge on any atom is 0.0689 e. The maximum absolute atomic E-state index is 5.77. The molecule has 0 amide bonds. The zero-order valence-electron chi connectivity index (χ0n) is 10.4. The van der Waals surface area contributed by atoms with Crippen LogP contribution in [0.25, 0.3) is 0 Å². The van der Waals surface area contributed by atoms with E-state index in [2.05, 4.69) is 32.0 Å². The molecule has 0 saturated heterocycles. The van der Waals surface area contributed by atoms with Gasteiger partial charge in [0.1, 0.15) is 0 Å². The zero-order chi connectivity index (χ0) is 11.7. The summed E-state index contributed by atoms with van der Waals surface area (Å²) in [4.78, 5) is 0. The van der Waals surface area contributed by atoms with Gasteiger partial charge in [-0.25, -0.2) is 0 Å². The smallest absolute Gasteiger partial charge is 0.0689 e. The molecule has 0 fully saturated rings. The van der Waals surface area contributed by atoms with Crippen LogP contribution in [0.15, 0.2) is 0 Å². The molecule has 0 saturated carbocycles. The van der Waals surface area contributed by atoms with E-state index in [9.17, 15) is 0 Å². The number of rotatable bonds is 8. The second-order valence-electron chi connectivity index (χ2n) is 4.28. The molecule has 0 aliphatic heterocycles. The van der Waals surface area contributed by atoms with E-state index >= 15 is 0 Å². The number of hydrogen-bond acceptors (Lipinski definition) is 2. The SMILES string of the molecule is C#CC(CCC)NC(CN)C(C)CCC. The highest BCUT2D eigenvalue weighted by Crippen LogP contribution is 2.11. The fraction of sp³-hybridized carbons (Fsp3) is 0.846. The molecule has 0 aromatic carbocycles. The fourth-order valence-electron chi connectivity index (χ4n) is 1.88. The first-order chi connectivity index (χ1) is 7.19. The van der Waals surface area contributed by atoms with E-state index < -0.39 is 0 Å². The molecule has 0 aliphatic rings. The van der Waals surface area contributed by atoms with Gasteiger partial charge in [0.05, 0.1) is 6.04 Å². The lowest BCUT2D eigenvalue weighted by molar-refractivity contribution is 0.339. The molecule has 0 spiro atoms. The van der Waals surface area contributed by atoms with Crippen molar-refractivity contribution in [1.82, 2.24) is 5.32 Å². The summed E-state index contributed by atoms with van der Waals surface area (Å²) in [6, 6.07) is 0.542. The van der Waals surface area contributed by atoms with E-state index in [-0.39, 0.29) is 6.04 Å². The van der Waals surface area contributed by atoms with Crippen LogP contribution >= 0.6 is 0 Å². The van der Waals surface area contributed by atoms with Crippen LogP contribution in [-0.4, -0.2) is 18.6 Å². The molecule has 0 heterocycles. The average Bonchev–Trinajstić information content (AvgIpc) is 2.24. The standard InChI is InChI=1S/C13H26N2/c1-5-8-11(4)13(10-14)15-12(7-3)9-6-2/h3,11-13,15H,5-6,8-10,14H2,1-2,4H3. The van der Waals surface area contributed by atoms with Gasteiger partial charge in [-0.3, -0.25) is 5.32 Å². The van der Waals surface area contributed by atoms with Crippen molar-refractivity contribution < 1.29 is 0 Å². The Hall–Kier alpha value is -0.520. The van der Waals surface area contributed by atoms with Crippen molar-refractivity contribution in [1.29, 1.82) is 0 Å². The van der Waals surface area contributed by atoms with Crippen LogP contribution in [0, 0.1) is 18.3 Å². The summed E-state index contributed by atoms with van der Waals surface area (Å²) in [5.74, 6) is 3.40. The molecule has 3 unspecified atom stereocenters. The third-order valence-corrected chi connectivity index (χ3v) is 2.88. The molecule has 0 bridgehead atoms. The van der Waals surface area contributed by atoms with E-state index in [0.29, 0.717) is 18.5 Å². The highest BCUT2D eigenvalue weighted by atomic mass is 15.0. The molecule has 3 N–H and O–H groups in total. The van der Waals surface area contributed by atoms with E-state index in [0.717, 1.165) is 12.8 Å². The van der Waals surface area contributed by atoms with Gasteiger partial charge in [0.2, 0.25) is 0 Å². The summed E-state index contributed by atoms with van der Waals surface area (Å²) in [6.07, 6.45) is 10.0. The average molecular weight is 210 g/mol. The molecule has 0 aromatic rings. The van der Waals surface area contributed by atoms with Crippen molar-refractivity contribution >= 4 is 0 Å². The quantitative estimate of drug-likeness (QED) is 0.602. The van der Waals surface area contributed by atoms with Crippen LogP contribution in [0.1, 0.15) is 46.5 Å². The second kappa shape index (κ2) is 8.76. The van der Waals surface area contributed by atoms with Gasteiger partial charge in [0, 0.05) is 12.6 Å². The van der Waals surface area contributed by atoms with Crippen LogP contribution < -0.4 is 11.1 Å². The third-order valence-electron chi connectivity index (χ3n) is 2.88. The first-order valence-electron chi connectivity index (χ1n) is 6.11.